The number of nitrogens with one attached hydrogen (secondary N) is 1. The highest BCUT2D eigenvalue weighted by Crippen LogP contribution is 2.23. The highest BCUT2D eigenvalue weighted by atomic mass is 16.3. The third kappa shape index (κ3) is 4.91. The largest absolute Gasteiger partial charge is 0.507 e. The predicted molar refractivity (Wildman–Crippen MR) is 77.2 cm³/mol. The van der Waals surface area contributed by atoms with Crippen molar-refractivity contribution in [1.82, 2.24) is 10.2 Å². The van der Waals surface area contributed by atoms with Crippen molar-refractivity contribution in [3.05, 3.63) is 28.8 Å². The molecule has 106 valence electrons. The summed E-state index contributed by atoms with van der Waals surface area (Å²) in [5.41, 5.74) is 2.85. The van der Waals surface area contributed by atoms with Gasteiger partial charge in [-0.2, -0.15) is 0 Å². The van der Waals surface area contributed by atoms with Crippen LogP contribution in [0.5, 0.6) is 5.75 Å². The Balaban J connectivity index is 2.62. The van der Waals surface area contributed by atoms with Crippen LogP contribution in [0.25, 0.3) is 0 Å². The molecule has 0 aliphatic rings. The lowest BCUT2D eigenvalue weighted by Gasteiger charge is -2.18. The molecule has 0 radical (unpaired) electrons. The predicted octanol–water partition coefficient (Wildman–Crippen LogP) is 1.97. The van der Waals surface area contributed by atoms with E-state index >= 15 is 0 Å². The lowest BCUT2D eigenvalue weighted by molar-refractivity contribution is -0.122. The fourth-order valence-electron chi connectivity index (χ4n) is 2.12. The van der Waals surface area contributed by atoms with Gasteiger partial charge in [-0.1, -0.05) is 12.1 Å². The van der Waals surface area contributed by atoms with E-state index in [-0.39, 0.29) is 11.9 Å². The van der Waals surface area contributed by atoms with E-state index in [1.165, 1.54) is 0 Å². The van der Waals surface area contributed by atoms with Gasteiger partial charge in [0.1, 0.15) is 5.75 Å². The summed E-state index contributed by atoms with van der Waals surface area (Å²) in [7, 11) is 1.91. The van der Waals surface area contributed by atoms with Crippen molar-refractivity contribution in [3.63, 3.8) is 0 Å². The molecule has 1 aromatic rings. The van der Waals surface area contributed by atoms with E-state index in [2.05, 4.69) is 5.32 Å². The van der Waals surface area contributed by atoms with Gasteiger partial charge < -0.3 is 10.4 Å². The van der Waals surface area contributed by atoms with Gasteiger partial charge in [0, 0.05) is 12.6 Å². The van der Waals surface area contributed by atoms with Gasteiger partial charge in [0.25, 0.3) is 0 Å². The molecule has 0 fully saturated rings. The monoisotopic (exact) mass is 264 g/mol. The fourth-order valence-corrected chi connectivity index (χ4v) is 2.12. The Labute approximate surface area is 115 Å². The van der Waals surface area contributed by atoms with Gasteiger partial charge in [0.05, 0.1) is 6.54 Å². The molecular weight excluding hydrogens is 240 g/mol. The molecule has 0 heterocycles. The third-order valence-electron chi connectivity index (χ3n) is 2.87. The number of benzene rings is 1. The molecule has 19 heavy (non-hydrogen) atoms. The standard InChI is InChI=1S/C15H24N2O2/c1-10(2)16-14(18)9-17(5)8-13-6-11(3)15(19)12(4)7-13/h6-7,10,19H,8-9H2,1-5H3,(H,16,18). The van der Waals surface area contributed by atoms with Crippen LogP contribution in [0.15, 0.2) is 12.1 Å². The summed E-state index contributed by atoms with van der Waals surface area (Å²) in [4.78, 5) is 13.6. The first-order chi connectivity index (χ1) is 8.79. The molecule has 0 spiro atoms. The topological polar surface area (TPSA) is 52.6 Å². The number of hydrogen-bond acceptors (Lipinski definition) is 3. The van der Waals surface area contributed by atoms with Gasteiger partial charge in [0.15, 0.2) is 0 Å². The maximum Gasteiger partial charge on any atom is 0.234 e. The van der Waals surface area contributed by atoms with E-state index in [0.717, 1.165) is 16.7 Å². The van der Waals surface area contributed by atoms with Crippen LogP contribution in [-0.2, 0) is 11.3 Å². The van der Waals surface area contributed by atoms with Gasteiger partial charge in [-0.15, -0.1) is 0 Å². The number of nitrogens with zero attached hydrogens (tertiary/aromatic N) is 1. The van der Waals surface area contributed by atoms with E-state index in [4.69, 9.17) is 0 Å². The Bertz CT molecular complexity index is 432. The van der Waals surface area contributed by atoms with Crippen LogP contribution in [0.4, 0.5) is 0 Å². The maximum absolute atomic E-state index is 11.6. The van der Waals surface area contributed by atoms with E-state index < -0.39 is 0 Å². The lowest BCUT2D eigenvalue weighted by Crippen LogP contribution is -2.38. The van der Waals surface area contributed by atoms with Crippen LogP contribution in [0, 0.1) is 13.8 Å². The number of carbonyl (C=O) groups excluding carboxylic acids is 1. The smallest absolute Gasteiger partial charge is 0.234 e. The molecule has 0 aliphatic heterocycles. The molecule has 1 amide bonds. The number of phenolic OH excluding ortho intramolecular Hbond substituents is 1. The first-order valence-electron chi connectivity index (χ1n) is 6.56. The van der Waals surface area contributed by atoms with Gasteiger partial charge in [-0.3, -0.25) is 9.69 Å². The molecule has 2 N–H and O–H groups in total. The van der Waals surface area contributed by atoms with E-state index in [9.17, 15) is 9.90 Å². The van der Waals surface area contributed by atoms with Crippen LogP contribution >= 0.6 is 0 Å². The van der Waals surface area contributed by atoms with Crippen LogP contribution in [0.3, 0.4) is 0 Å². The van der Waals surface area contributed by atoms with Gasteiger partial charge >= 0.3 is 0 Å². The third-order valence-corrected chi connectivity index (χ3v) is 2.87. The number of aryl methyl sites for hydroxylation is 2. The average Bonchev–Trinajstić information content (AvgIpc) is 2.23. The van der Waals surface area contributed by atoms with Crippen molar-refractivity contribution in [2.24, 2.45) is 0 Å². The minimum atomic E-state index is 0.0322. The molecule has 4 heteroatoms. The summed E-state index contributed by atoms with van der Waals surface area (Å²) in [6, 6.07) is 4.08. The SMILES string of the molecule is Cc1cc(CN(C)CC(=O)NC(C)C)cc(C)c1O. The molecular formula is C15H24N2O2. The number of likely N-dealkylation sites (N-methyl/N-ethyl adjacent to an activating group) is 1. The van der Waals surface area contributed by atoms with Gasteiger partial charge in [-0.25, -0.2) is 0 Å². The number of carbonyl (C=O) groups is 1. The molecule has 0 saturated carbocycles. The number of hydrogen-bond donors (Lipinski definition) is 2. The fraction of sp³-hybridized carbons (Fsp3) is 0.533. The van der Waals surface area contributed by atoms with Gasteiger partial charge in [0.2, 0.25) is 5.91 Å². The quantitative estimate of drug-likeness (QED) is 0.855. The van der Waals surface area contributed by atoms with Crippen LogP contribution < -0.4 is 5.32 Å². The Morgan fingerprint density at radius 3 is 2.32 bits per heavy atom. The highest BCUT2D eigenvalue weighted by Gasteiger charge is 2.10. The van der Waals surface area contributed by atoms with Crippen LogP contribution in [0.1, 0.15) is 30.5 Å². The Morgan fingerprint density at radius 2 is 1.84 bits per heavy atom. The number of aromatic hydroxyl groups is 1. The molecule has 0 bridgehead atoms. The second-order valence-corrected chi connectivity index (χ2v) is 5.47. The Kier molecular flexibility index (Phi) is 5.36. The molecule has 0 saturated heterocycles. The zero-order valence-electron chi connectivity index (χ0n) is 12.4. The van der Waals surface area contributed by atoms with E-state index in [1.54, 1.807) is 0 Å². The molecule has 1 aromatic carbocycles. The van der Waals surface area contributed by atoms with E-state index in [0.29, 0.717) is 18.8 Å². The van der Waals surface area contributed by atoms with Gasteiger partial charge in [-0.05, 0) is 51.4 Å². The Hall–Kier alpha value is -1.55. The summed E-state index contributed by atoms with van der Waals surface area (Å²) in [6.07, 6.45) is 0. The highest BCUT2D eigenvalue weighted by molar-refractivity contribution is 5.78. The normalized spacial score (nSPS) is 11.1. The molecule has 4 nitrogen and oxygen atoms in total. The second-order valence-electron chi connectivity index (χ2n) is 5.47. The van der Waals surface area contributed by atoms with E-state index in [1.807, 2.05) is 51.8 Å². The van der Waals surface area contributed by atoms with Crippen molar-refractivity contribution in [2.75, 3.05) is 13.6 Å². The Morgan fingerprint density at radius 1 is 1.32 bits per heavy atom. The summed E-state index contributed by atoms with van der Waals surface area (Å²) < 4.78 is 0. The zero-order valence-corrected chi connectivity index (χ0v) is 12.4. The van der Waals surface area contributed by atoms with Crippen LogP contribution in [-0.4, -0.2) is 35.5 Å². The number of phenols is 1. The average molecular weight is 264 g/mol. The first-order valence-corrected chi connectivity index (χ1v) is 6.56. The van der Waals surface area contributed by atoms with Crippen LogP contribution in [0.2, 0.25) is 0 Å². The first kappa shape index (κ1) is 15.5. The minimum absolute atomic E-state index is 0.0322. The van der Waals surface area contributed by atoms with Crippen molar-refractivity contribution in [3.8, 4) is 5.75 Å². The maximum atomic E-state index is 11.6. The molecule has 0 aromatic heterocycles. The van der Waals surface area contributed by atoms with Crippen molar-refractivity contribution < 1.29 is 9.90 Å². The molecule has 1 rings (SSSR count). The summed E-state index contributed by atoms with van der Waals surface area (Å²) in [5.74, 6) is 0.383. The lowest BCUT2D eigenvalue weighted by atomic mass is 10.1. The van der Waals surface area contributed by atoms with Crippen molar-refractivity contribution >= 4 is 5.91 Å². The van der Waals surface area contributed by atoms with Crippen molar-refractivity contribution in [2.45, 2.75) is 40.3 Å². The number of rotatable bonds is 5. The van der Waals surface area contributed by atoms with Crippen molar-refractivity contribution in [1.29, 1.82) is 0 Å². The zero-order chi connectivity index (χ0) is 14.6. The minimum Gasteiger partial charge on any atom is -0.507 e. The molecule has 0 atom stereocenters. The molecule has 0 aliphatic carbocycles. The summed E-state index contributed by atoms with van der Waals surface area (Å²) in [5, 5.41) is 12.6. The second kappa shape index (κ2) is 6.57. The summed E-state index contributed by atoms with van der Waals surface area (Å²) >= 11 is 0. The molecule has 0 unspecified atom stereocenters. The summed E-state index contributed by atoms with van der Waals surface area (Å²) in [6.45, 7) is 8.73. The number of amides is 1.